The fraction of sp³-hybridized carbons (Fsp3) is 0.902. The molecule has 4 heterocycles. The van der Waals surface area contributed by atoms with Crippen molar-refractivity contribution in [1.29, 1.82) is 0 Å². The number of aromatic nitrogens is 3. The van der Waals surface area contributed by atoms with Crippen molar-refractivity contribution in [3.63, 3.8) is 0 Å². The number of carbonyl (C=O) groups is 1. The average molecular weight is 811 g/mol. The molecule has 0 saturated carbocycles. The summed E-state index contributed by atoms with van der Waals surface area (Å²) in [5, 5.41) is 59.6. The number of ether oxygens (including phenoxy) is 4. The standard InChI is InChI=1S/C41H74N6O10/c1-12-14-17-53-34-20-32(57-43-34)24-47-23-30(42-44-47)15-16-45(10)31-18-26(4)54-35(19-31)56-38-27(5)36(48)28(6)39(50)55-33(13-2)41(9,52)37(49)29(7)46(11)22-25(3)21-40(38,8)51/h23,25-29,31-33,35-38,48-49,51-52H,12-22,24H2,1-11H3/t25-,26-,27+,28?,29-,31+,32?,33-,35+,36+,37-,38-,40-,41?/m1/s1. The van der Waals surface area contributed by atoms with E-state index in [1.807, 2.05) is 38.9 Å². The van der Waals surface area contributed by atoms with Crippen LogP contribution in [0, 0.1) is 17.8 Å². The third-order valence-electron chi connectivity index (χ3n) is 12.5. The molecule has 3 aliphatic heterocycles. The molecule has 0 aromatic carbocycles. The molecule has 3 aliphatic rings. The molecule has 1 aromatic rings. The molecule has 328 valence electrons. The average Bonchev–Trinajstić information content (AvgIpc) is 3.81. The fourth-order valence-electron chi connectivity index (χ4n) is 8.77. The summed E-state index contributed by atoms with van der Waals surface area (Å²) in [6.45, 7) is 18.7. The molecule has 16 heteroatoms. The lowest BCUT2D eigenvalue weighted by Crippen LogP contribution is -2.59. The molecule has 0 aliphatic carbocycles. The van der Waals surface area contributed by atoms with E-state index >= 15 is 0 Å². The van der Waals surface area contributed by atoms with Gasteiger partial charge in [-0.2, -0.15) is 0 Å². The van der Waals surface area contributed by atoms with Crippen molar-refractivity contribution in [3.8, 4) is 0 Å². The van der Waals surface area contributed by atoms with Gasteiger partial charge in [-0.05, 0) is 80.3 Å². The zero-order chi connectivity index (χ0) is 42.2. The van der Waals surface area contributed by atoms with E-state index in [4.69, 9.17) is 23.8 Å². The predicted octanol–water partition coefficient (Wildman–Crippen LogP) is 3.13. The molecule has 2 saturated heterocycles. The van der Waals surface area contributed by atoms with Crippen molar-refractivity contribution in [2.45, 2.75) is 186 Å². The molecule has 0 amide bonds. The third-order valence-corrected chi connectivity index (χ3v) is 12.5. The maximum atomic E-state index is 13.5. The van der Waals surface area contributed by atoms with Gasteiger partial charge in [0, 0.05) is 50.1 Å². The fourth-order valence-corrected chi connectivity index (χ4v) is 8.77. The lowest BCUT2D eigenvalue weighted by Gasteiger charge is -2.45. The number of hydrogen-bond donors (Lipinski definition) is 4. The Labute approximate surface area is 340 Å². The molecule has 3 unspecified atom stereocenters. The van der Waals surface area contributed by atoms with Gasteiger partial charge in [0.05, 0.1) is 55.1 Å². The van der Waals surface area contributed by atoms with Gasteiger partial charge in [-0.15, -0.1) is 5.10 Å². The number of hydrogen-bond acceptors (Lipinski definition) is 15. The maximum Gasteiger partial charge on any atom is 0.311 e. The first kappa shape index (κ1) is 47.2. The number of aliphatic hydroxyl groups excluding tert-OH is 2. The summed E-state index contributed by atoms with van der Waals surface area (Å²) in [5.41, 5.74) is -2.33. The summed E-state index contributed by atoms with van der Waals surface area (Å²) >= 11 is 0. The van der Waals surface area contributed by atoms with Crippen LogP contribution in [-0.4, -0.2) is 157 Å². The number of esters is 1. The Morgan fingerprint density at radius 3 is 2.49 bits per heavy atom. The molecule has 4 N–H and O–H groups in total. The second kappa shape index (κ2) is 20.7. The number of oxime groups is 1. The Bertz CT molecular complexity index is 1430. The van der Waals surface area contributed by atoms with Crippen molar-refractivity contribution in [2.75, 3.05) is 33.8 Å². The van der Waals surface area contributed by atoms with Gasteiger partial charge in [0.1, 0.15) is 17.8 Å². The zero-order valence-corrected chi connectivity index (χ0v) is 36.4. The molecular formula is C41H74N6O10. The van der Waals surface area contributed by atoms with Gasteiger partial charge in [0.25, 0.3) is 0 Å². The smallest absolute Gasteiger partial charge is 0.311 e. The second-order valence-corrected chi connectivity index (χ2v) is 17.8. The quantitative estimate of drug-likeness (QED) is 0.178. The van der Waals surface area contributed by atoms with E-state index in [9.17, 15) is 25.2 Å². The van der Waals surface area contributed by atoms with Crippen molar-refractivity contribution in [1.82, 2.24) is 24.8 Å². The van der Waals surface area contributed by atoms with Crippen LogP contribution in [0.5, 0.6) is 0 Å². The van der Waals surface area contributed by atoms with Crippen LogP contribution in [0.2, 0.25) is 0 Å². The van der Waals surface area contributed by atoms with E-state index in [2.05, 4.69) is 34.3 Å². The molecule has 16 nitrogen and oxygen atoms in total. The first-order valence-corrected chi connectivity index (χ1v) is 21.2. The normalized spacial score (nSPS) is 39.2. The van der Waals surface area contributed by atoms with Crippen LogP contribution in [0.1, 0.15) is 113 Å². The Kier molecular flexibility index (Phi) is 17.1. The van der Waals surface area contributed by atoms with Gasteiger partial charge in [0.2, 0.25) is 5.90 Å². The van der Waals surface area contributed by atoms with Crippen LogP contribution in [0.25, 0.3) is 0 Å². The highest BCUT2D eigenvalue weighted by Crippen LogP contribution is 2.36. The first-order valence-electron chi connectivity index (χ1n) is 21.2. The minimum absolute atomic E-state index is 0.0773. The van der Waals surface area contributed by atoms with Crippen LogP contribution in [-0.2, 0) is 41.5 Å². The molecule has 2 fully saturated rings. The van der Waals surface area contributed by atoms with Crippen LogP contribution in [0.4, 0.5) is 0 Å². The van der Waals surface area contributed by atoms with Crippen LogP contribution < -0.4 is 0 Å². The van der Waals surface area contributed by atoms with Gasteiger partial charge in [-0.3, -0.25) is 4.79 Å². The summed E-state index contributed by atoms with van der Waals surface area (Å²) in [6, 6.07) is -0.396. The number of nitrogens with zero attached hydrogens (tertiary/aromatic N) is 6. The molecule has 0 bridgehead atoms. The monoisotopic (exact) mass is 811 g/mol. The van der Waals surface area contributed by atoms with E-state index in [0.29, 0.717) is 51.3 Å². The molecular weight excluding hydrogens is 736 g/mol. The van der Waals surface area contributed by atoms with Gasteiger partial charge in [-0.25, -0.2) is 4.68 Å². The van der Waals surface area contributed by atoms with E-state index in [1.54, 1.807) is 32.4 Å². The summed E-state index contributed by atoms with van der Waals surface area (Å²) in [6.07, 6.45) is 1.75. The zero-order valence-electron chi connectivity index (χ0n) is 36.4. The second-order valence-electron chi connectivity index (χ2n) is 17.8. The van der Waals surface area contributed by atoms with Gasteiger partial charge in [-0.1, -0.05) is 44.5 Å². The lowest BCUT2D eigenvalue weighted by atomic mass is 9.78. The highest BCUT2D eigenvalue weighted by Gasteiger charge is 2.48. The topological polar surface area (TPSA) is 194 Å². The van der Waals surface area contributed by atoms with Crippen molar-refractivity contribution >= 4 is 11.9 Å². The van der Waals surface area contributed by atoms with Crippen molar-refractivity contribution in [3.05, 3.63) is 11.9 Å². The number of aliphatic hydroxyl groups is 4. The number of likely N-dealkylation sites (N-methyl/N-ethyl adjacent to an activating group) is 2. The third kappa shape index (κ3) is 12.5. The summed E-state index contributed by atoms with van der Waals surface area (Å²) in [7, 11) is 3.94. The minimum atomic E-state index is -1.75. The highest BCUT2D eigenvalue weighted by molar-refractivity contribution is 5.77. The van der Waals surface area contributed by atoms with E-state index in [0.717, 1.165) is 31.5 Å². The Hall–Kier alpha value is -2.44. The van der Waals surface area contributed by atoms with Gasteiger partial charge < -0.3 is 54.0 Å². The number of cyclic esters (lactones) is 1. The number of rotatable bonds is 12. The largest absolute Gasteiger partial charge is 0.479 e. The van der Waals surface area contributed by atoms with Gasteiger partial charge >= 0.3 is 5.97 Å². The summed E-state index contributed by atoms with van der Waals surface area (Å²) in [4.78, 5) is 23.3. The number of carbonyl (C=O) groups excluding carboxylic acids is 1. The van der Waals surface area contributed by atoms with E-state index in [1.165, 1.54) is 6.92 Å². The molecule has 57 heavy (non-hydrogen) atoms. The van der Waals surface area contributed by atoms with Crippen molar-refractivity contribution < 1.29 is 49.0 Å². The number of unbranched alkanes of at least 4 members (excludes halogenated alkanes) is 1. The maximum absolute atomic E-state index is 13.5. The molecule has 14 atom stereocenters. The summed E-state index contributed by atoms with van der Waals surface area (Å²) < 4.78 is 26.4. The first-order chi connectivity index (χ1) is 26.8. The van der Waals surface area contributed by atoms with Crippen LogP contribution in [0.15, 0.2) is 11.4 Å². The van der Waals surface area contributed by atoms with Crippen molar-refractivity contribution in [2.24, 2.45) is 22.9 Å². The summed E-state index contributed by atoms with van der Waals surface area (Å²) in [5.74, 6) is -1.89. The predicted molar refractivity (Wildman–Crippen MR) is 214 cm³/mol. The molecule has 4 rings (SSSR count). The minimum Gasteiger partial charge on any atom is -0.479 e. The SMILES string of the molecule is CCCCOC1=NOC(Cn2cc(CCN(C)[C@@H]3C[C@H](O[C@@H]4[C@@H](C)[C@H](O)C(C)C(=O)O[C@H](CC)C(C)(O)[C@H](O)[C@@H](C)N(C)C[C@H](C)C[C@@]4(C)O)O[C@H](C)C3)nn2)C1. The van der Waals surface area contributed by atoms with E-state index in [-0.39, 0.29) is 30.6 Å². The Balaban J connectivity index is 1.44. The van der Waals surface area contributed by atoms with Crippen LogP contribution in [0.3, 0.4) is 0 Å². The molecule has 1 aromatic heterocycles. The molecule has 0 spiro atoms. The Morgan fingerprint density at radius 2 is 1.81 bits per heavy atom. The Morgan fingerprint density at radius 1 is 1.09 bits per heavy atom. The van der Waals surface area contributed by atoms with Gasteiger partial charge in [0.15, 0.2) is 12.4 Å². The highest BCUT2D eigenvalue weighted by atomic mass is 16.7. The van der Waals surface area contributed by atoms with E-state index < -0.39 is 65.8 Å². The van der Waals surface area contributed by atoms with Crippen LogP contribution >= 0.6 is 0 Å². The molecule has 0 radical (unpaired) electrons. The lowest BCUT2D eigenvalue weighted by molar-refractivity contribution is -0.267.